The zero-order chi connectivity index (χ0) is 19.5. The Morgan fingerprint density at radius 2 is 1.86 bits per heavy atom. The molecule has 0 bridgehead atoms. The van der Waals surface area contributed by atoms with Crippen LogP contribution in [0.25, 0.3) is 22.2 Å². The van der Waals surface area contributed by atoms with Crippen LogP contribution in [0.15, 0.2) is 84.9 Å². The van der Waals surface area contributed by atoms with Crippen LogP contribution in [0.5, 0.6) is 5.88 Å². The largest absolute Gasteiger partial charge is 0.482 e. The van der Waals surface area contributed by atoms with Crippen LogP contribution in [0.3, 0.4) is 0 Å². The first-order valence-corrected chi connectivity index (χ1v) is 8.98. The summed E-state index contributed by atoms with van der Waals surface area (Å²) in [6.45, 7) is 2.08. The minimum atomic E-state index is 0.636. The summed E-state index contributed by atoms with van der Waals surface area (Å²) < 4.78 is 7.55. The minimum absolute atomic E-state index is 0.636. The van der Waals surface area contributed by atoms with Gasteiger partial charge in [0.25, 0.3) is 0 Å². The Morgan fingerprint density at radius 1 is 1.07 bits per heavy atom. The zero-order valence-electron chi connectivity index (χ0n) is 15.8. The van der Waals surface area contributed by atoms with Crippen molar-refractivity contribution in [2.45, 2.75) is 6.92 Å². The molecule has 4 rings (SSSR count). The number of allylic oxidation sites excluding steroid dienone is 8. The molecule has 1 aliphatic rings. The molecule has 2 heterocycles. The molecule has 0 aliphatic heterocycles. The lowest BCUT2D eigenvalue weighted by Gasteiger charge is -2.16. The Hall–Kier alpha value is -3.84. The second kappa shape index (κ2) is 7.42. The van der Waals surface area contributed by atoms with E-state index in [0.717, 1.165) is 27.8 Å². The van der Waals surface area contributed by atoms with Gasteiger partial charge in [-0.15, -0.1) is 0 Å². The molecule has 1 aromatic carbocycles. The second-order valence-electron chi connectivity index (χ2n) is 6.56. The maximum atomic E-state index is 9.12. The monoisotopic (exact) mass is 365 g/mol. The van der Waals surface area contributed by atoms with Crippen molar-refractivity contribution in [2.24, 2.45) is 0 Å². The quantitative estimate of drug-likeness (QED) is 0.630. The molecule has 28 heavy (non-hydrogen) atoms. The Bertz CT molecular complexity index is 1200. The number of aromatic nitrogens is 2. The van der Waals surface area contributed by atoms with Gasteiger partial charge in [-0.05, 0) is 35.8 Å². The molecular formula is C24H19N3O. The molecule has 0 saturated carbocycles. The number of nitriles is 1. The summed E-state index contributed by atoms with van der Waals surface area (Å²) in [5.74, 6) is 0.706. The number of hydrogen-bond donors (Lipinski definition) is 0. The Labute approximate surface area is 164 Å². The van der Waals surface area contributed by atoms with E-state index in [0.29, 0.717) is 11.4 Å². The van der Waals surface area contributed by atoms with Gasteiger partial charge in [-0.2, -0.15) is 5.26 Å². The maximum Gasteiger partial charge on any atom is 0.199 e. The van der Waals surface area contributed by atoms with E-state index < -0.39 is 0 Å². The van der Waals surface area contributed by atoms with E-state index >= 15 is 0 Å². The van der Waals surface area contributed by atoms with Crippen LogP contribution >= 0.6 is 0 Å². The van der Waals surface area contributed by atoms with E-state index in [-0.39, 0.29) is 0 Å². The first-order chi connectivity index (χ1) is 13.7. The molecule has 0 saturated heterocycles. The fourth-order valence-electron chi connectivity index (χ4n) is 3.34. The van der Waals surface area contributed by atoms with Crippen molar-refractivity contribution in [1.82, 2.24) is 9.38 Å². The summed E-state index contributed by atoms with van der Waals surface area (Å²) in [5, 5.41) is 9.12. The molecular weight excluding hydrogens is 346 g/mol. The van der Waals surface area contributed by atoms with E-state index in [9.17, 15) is 0 Å². The molecule has 136 valence electrons. The third-order valence-electron chi connectivity index (χ3n) is 4.76. The van der Waals surface area contributed by atoms with Gasteiger partial charge in [-0.1, -0.05) is 54.2 Å². The number of ether oxygens (including phenoxy) is 1. The van der Waals surface area contributed by atoms with Crippen LogP contribution in [-0.4, -0.2) is 16.5 Å². The molecule has 3 aromatic rings. The SMILES string of the molecule is COc1cc(-c2ccc(C#N)cc2)c(C2=C/C=C(C)\C=C/C=C\2)c2cncn12. The fraction of sp³-hybridized carbons (Fsp3) is 0.0833. The summed E-state index contributed by atoms with van der Waals surface area (Å²) in [4.78, 5) is 4.34. The highest BCUT2D eigenvalue weighted by atomic mass is 16.5. The number of methoxy groups -OCH3 is 1. The van der Waals surface area contributed by atoms with Crippen LogP contribution in [0, 0.1) is 11.3 Å². The summed E-state index contributed by atoms with van der Waals surface area (Å²) >= 11 is 0. The van der Waals surface area contributed by atoms with E-state index in [2.05, 4.69) is 42.3 Å². The number of hydrogen-bond acceptors (Lipinski definition) is 3. The van der Waals surface area contributed by atoms with Crippen LogP contribution < -0.4 is 4.74 Å². The zero-order valence-corrected chi connectivity index (χ0v) is 15.8. The van der Waals surface area contributed by atoms with E-state index in [1.165, 1.54) is 5.57 Å². The van der Waals surface area contributed by atoms with Crippen molar-refractivity contribution >= 4 is 11.1 Å². The highest BCUT2D eigenvalue weighted by Gasteiger charge is 2.17. The number of fused-ring (bicyclic) bond motifs is 1. The molecule has 0 spiro atoms. The highest BCUT2D eigenvalue weighted by Crippen LogP contribution is 2.37. The van der Waals surface area contributed by atoms with Crippen molar-refractivity contribution in [2.75, 3.05) is 7.11 Å². The molecule has 0 atom stereocenters. The number of pyridine rings is 1. The Morgan fingerprint density at radius 3 is 2.61 bits per heavy atom. The lowest BCUT2D eigenvalue weighted by atomic mass is 9.92. The van der Waals surface area contributed by atoms with E-state index in [1.54, 1.807) is 13.4 Å². The van der Waals surface area contributed by atoms with E-state index in [4.69, 9.17) is 10.00 Å². The highest BCUT2D eigenvalue weighted by molar-refractivity contribution is 5.94. The number of imidazole rings is 1. The Kier molecular flexibility index (Phi) is 4.65. The van der Waals surface area contributed by atoms with E-state index in [1.807, 2.05) is 53.1 Å². The van der Waals surface area contributed by atoms with Gasteiger partial charge in [0.15, 0.2) is 5.88 Å². The predicted octanol–water partition coefficient (Wildman–Crippen LogP) is 5.34. The van der Waals surface area contributed by atoms with Gasteiger partial charge in [0.05, 0.1) is 30.5 Å². The van der Waals surface area contributed by atoms with Crippen LogP contribution in [-0.2, 0) is 0 Å². The molecule has 0 unspecified atom stereocenters. The van der Waals surface area contributed by atoms with Crippen molar-refractivity contribution in [3.63, 3.8) is 0 Å². The average Bonchev–Trinajstić information content (AvgIpc) is 3.20. The van der Waals surface area contributed by atoms with Gasteiger partial charge in [-0.3, -0.25) is 4.40 Å². The van der Waals surface area contributed by atoms with Gasteiger partial charge < -0.3 is 4.74 Å². The molecule has 4 heteroatoms. The fourth-order valence-corrected chi connectivity index (χ4v) is 3.34. The normalized spacial score (nSPS) is 19.5. The summed E-state index contributed by atoms with van der Waals surface area (Å²) in [7, 11) is 1.66. The molecule has 0 N–H and O–H groups in total. The lowest BCUT2D eigenvalue weighted by Crippen LogP contribution is -1.99. The first kappa shape index (κ1) is 17.6. The molecule has 0 radical (unpaired) electrons. The lowest BCUT2D eigenvalue weighted by molar-refractivity contribution is 0.392. The predicted molar refractivity (Wildman–Crippen MR) is 112 cm³/mol. The smallest absolute Gasteiger partial charge is 0.199 e. The number of nitrogens with zero attached hydrogens (tertiary/aromatic N) is 3. The van der Waals surface area contributed by atoms with Crippen molar-refractivity contribution < 1.29 is 4.74 Å². The van der Waals surface area contributed by atoms with Gasteiger partial charge >= 0.3 is 0 Å². The van der Waals surface area contributed by atoms with Crippen molar-refractivity contribution in [3.8, 4) is 23.1 Å². The summed E-state index contributed by atoms with van der Waals surface area (Å²) in [5.41, 5.74) is 6.97. The van der Waals surface area contributed by atoms with Gasteiger partial charge in [0, 0.05) is 11.6 Å². The van der Waals surface area contributed by atoms with Crippen molar-refractivity contribution in [3.05, 3.63) is 96.0 Å². The van der Waals surface area contributed by atoms with Gasteiger partial charge in [-0.25, -0.2) is 4.98 Å². The summed E-state index contributed by atoms with van der Waals surface area (Å²) in [6.07, 6.45) is 16.1. The Balaban J connectivity index is 2.03. The van der Waals surface area contributed by atoms with Gasteiger partial charge in [0.2, 0.25) is 0 Å². The van der Waals surface area contributed by atoms with Gasteiger partial charge in [0.1, 0.15) is 6.33 Å². The molecule has 1 aliphatic carbocycles. The maximum absolute atomic E-state index is 9.12. The molecule has 0 amide bonds. The van der Waals surface area contributed by atoms with Crippen molar-refractivity contribution in [1.29, 1.82) is 5.26 Å². The molecule has 2 aromatic heterocycles. The number of rotatable bonds is 3. The average molecular weight is 365 g/mol. The molecule has 0 fully saturated rings. The first-order valence-electron chi connectivity index (χ1n) is 8.98. The number of benzene rings is 1. The third kappa shape index (κ3) is 3.15. The van der Waals surface area contributed by atoms with Crippen LogP contribution in [0.2, 0.25) is 0 Å². The summed E-state index contributed by atoms with van der Waals surface area (Å²) in [6, 6.07) is 11.8. The minimum Gasteiger partial charge on any atom is -0.482 e. The van der Waals surface area contributed by atoms with Crippen LogP contribution in [0.4, 0.5) is 0 Å². The standard InChI is InChI=1S/C24H19N3O/c1-17-5-3-4-6-20(10-7-17)24-21(19-11-8-18(14-25)9-12-19)13-23(28-2)27-16-26-15-22(24)27/h3-13,15-16H,1-2H3/b4-3?,5-3-,6-4-,10-7?,17-5?,17-7-,20-6?,20-10+. The third-order valence-corrected chi connectivity index (χ3v) is 4.76. The second-order valence-corrected chi connectivity index (χ2v) is 6.56. The van der Waals surface area contributed by atoms with Crippen LogP contribution in [0.1, 0.15) is 18.1 Å². The molecule has 4 nitrogen and oxygen atoms in total. The topological polar surface area (TPSA) is 50.3 Å².